The van der Waals surface area contributed by atoms with E-state index in [0.717, 1.165) is 12.1 Å². The molecule has 0 saturated heterocycles. The molecule has 0 amide bonds. The van der Waals surface area contributed by atoms with Crippen LogP contribution in [-0.4, -0.2) is 46.4 Å². The molecular formula is C19H20F6N6. The van der Waals surface area contributed by atoms with Crippen LogP contribution in [0.2, 0.25) is 0 Å². The van der Waals surface area contributed by atoms with E-state index in [2.05, 4.69) is 15.3 Å². The summed E-state index contributed by atoms with van der Waals surface area (Å²) in [6.07, 6.45) is -2.86. The second-order valence-corrected chi connectivity index (χ2v) is 7.24. The molecular weight excluding hydrogens is 426 g/mol. The van der Waals surface area contributed by atoms with E-state index in [1.807, 2.05) is 0 Å². The molecule has 1 unspecified atom stereocenters. The first-order chi connectivity index (χ1) is 14.5. The lowest BCUT2D eigenvalue weighted by Crippen LogP contribution is -2.35. The van der Waals surface area contributed by atoms with Crippen LogP contribution < -0.4 is 5.73 Å². The van der Waals surface area contributed by atoms with E-state index in [-0.39, 0.29) is 30.6 Å². The highest BCUT2D eigenvalue weighted by molar-refractivity contribution is 5.84. The average molecular weight is 446 g/mol. The second-order valence-electron chi connectivity index (χ2n) is 7.24. The molecule has 1 atom stereocenters. The summed E-state index contributed by atoms with van der Waals surface area (Å²) >= 11 is 0. The molecule has 31 heavy (non-hydrogen) atoms. The maximum Gasteiger partial charge on any atom is 0.435 e. The number of hydrogen-bond acceptors (Lipinski definition) is 5. The lowest BCUT2D eigenvalue weighted by Gasteiger charge is -2.23. The van der Waals surface area contributed by atoms with Crippen molar-refractivity contribution in [1.29, 1.82) is 0 Å². The summed E-state index contributed by atoms with van der Waals surface area (Å²) in [6.45, 7) is 0.669. The van der Waals surface area contributed by atoms with E-state index >= 15 is 0 Å². The van der Waals surface area contributed by atoms with E-state index in [9.17, 15) is 26.3 Å². The number of amidine groups is 1. The Kier molecular flexibility index (Phi) is 6.68. The van der Waals surface area contributed by atoms with Crippen LogP contribution in [0.3, 0.4) is 0 Å². The van der Waals surface area contributed by atoms with Crippen LogP contribution in [0.4, 0.5) is 26.3 Å². The van der Waals surface area contributed by atoms with Gasteiger partial charge in [-0.05, 0) is 30.5 Å². The van der Waals surface area contributed by atoms with Gasteiger partial charge in [0.25, 0.3) is 0 Å². The van der Waals surface area contributed by atoms with Crippen molar-refractivity contribution < 1.29 is 26.3 Å². The fourth-order valence-electron chi connectivity index (χ4n) is 3.18. The van der Waals surface area contributed by atoms with Gasteiger partial charge in [-0.2, -0.15) is 23.4 Å². The van der Waals surface area contributed by atoms with Crippen LogP contribution in [0.25, 0.3) is 0 Å². The molecule has 0 radical (unpaired) electrons. The summed E-state index contributed by atoms with van der Waals surface area (Å²) < 4.78 is 80.3. The Morgan fingerprint density at radius 3 is 2.45 bits per heavy atom. The van der Waals surface area contributed by atoms with Gasteiger partial charge in [-0.25, -0.2) is 13.2 Å². The van der Waals surface area contributed by atoms with Crippen molar-refractivity contribution in [3.8, 4) is 0 Å². The zero-order valence-corrected chi connectivity index (χ0v) is 16.5. The highest BCUT2D eigenvalue weighted by Gasteiger charge is 2.34. The zero-order valence-electron chi connectivity index (χ0n) is 16.5. The Hall–Kier alpha value is -2.89. The lowest BCUT2D eigenvalue weighted by molar-refractivity contribution is -0.141. The van der Waals surface area contributed by atoms with Crippen LogP contribution >= 0.6 is 0 Å². The Labute approximate surface area is 174 Å². The smallest absolute Gasteiger partial charge is 0.361 e. The van der Waals surface area contributed by atoms with Gasteiger partial charge in [0.05, 0.1) is 11.9 Å². The summed E-state index contributed by atoms with van der Waals surface area (Å²) in [4.78, 5) is 1.73. The third-order valence-corrected chi connectivity index (χ3v) is 4.78. The van der Waals surface area contributed by atoms with Crippen molar-refractivity contribution in [2.75, 3.05) is 13.6 Å². The molecule has 2 heterocycles. The Morgan fingerprint density at radius 1 is 1.03 bits per heavy atom. The van der Waals surface area contributed by atoms with Gasteiger partial charge in [-0.3, -0.25) is 4.68 Å². The van der Waals surface area contributed by atoms with Crippen molar-refractivity contribution in [2.24, 2.45) is 15.9 Å². The van der Waals surface area contributed by atoms with E-state index in [1.165, 1.54) is 10.9 Å². The number of nitrogens with zero attached hydrogens (tertiary/aromatic N) is 5. The molecule has 1 aliphatic rings. The monoisotopic (exact) mass is 446 g/mol. The van der Waals surface area contributed by atoms with Gasteiger partial charge in [0.15, 0.2) is 17.3 Å². The molecule has 168 valence electrons. The van der Waals surface area contributed by atoms with E-state index in [4.69, 9.17) is 5.73 Å². The molecule has 0 fully saturated rings. The topological polar surface area (TPSA) is 71.8 Å². The predicted octanol–water partition coefficient (Wildman–Crippen LogP) is 3.35. The van der Waals surface area contributed by atoms with Gasteiger partial charge in [-0.1, -0.05) is 0 Å². The largest absolute Gasteiger partial charge is 0.435 e. The van der Waals surface area contributed by atoms with Crippen molar-refractivity contribution >= 4 is 12.1 Å². The van der Waals surface area contributed by atoms with Gasteiger partial charge in [0, 0.05) is 38.7 Å². The van der Waals surface area contributed by atoms with Gasteiger partial charge in [0.1, 0.15) is 11.7 Å². The number of rotatable bonds is 4. The van der Waals surface area contributed by atoms with Crippen molar-refractivity contribution in [1.82, 2.24) is 14.7 Å². The molecule has 0 aliphatic carbocycles. The first kappa shape index (κ1) is 22.8. The molecule has 2 N–H and O–H groups in total. The minimum Gasteiger partial charge on any atom is -0.361 e. The summed E-state index contributed by atoms with van der Waals surface area (Å²) in [6, 6.07) is 1.44. The number of benzene rings is 1. The van der Waals surface area contributed by atoms with Crippen molar-refractivity contribution in [3.63, 3.8) is 0 Å². The Morgan fingerprint density at radius 2 is 1.74 bits per heavy atom. The van der Waals surface area contributed by atoms with Crippen LogP contribution in [0.15, 0.2) is 28.4 Å². The molecule has 12 heteroatoms. The molecule has 2 aromatic rings. The zero-order chi connectivity index (χ0) is 22.8. The number of fused-ring (bicyclic) bond motifs is 1. The number of aromatic nitrogens is 2. The molecule has 1 aromatic carbocycles. The number of halogens is 6. The fraction of sp³-hybridized carbons (Fsp3) is 0.421. The minimum atomic E-state index is -4.57. The van der Waals surface area contributed by atoms with E-state index in [0.29, 0.717) is 24.9 Å². The van der Waals surface area contributed by atoms with Crippen LogP contribution in [0.1, 0.15) is 29.8 Å². The third kappa shape index (κ3) is 5.63. The highest BCUT2D eigenvalue weighted by Crippen LogP contribution is 2.28. The maximum atomic E-state index is 13.9. The summed E-state index contributed by atoms with van der Waals surface area (Å²) in [5.41, 5.74) is 5.14. The Balaban J connectivity index is 1.77. The molecule has 6 nitrogen and oxygen atoms in total. The first-order valence-corrected chi connectivity index (χ1v) is 9.39. The van der Waals surface area contributed by atoms with E-state index < -0.39 is 35.4 Å². The first-order valence-electron chi connectivity index (χ1n) is 9.39. The normalized spacial score (nSPS) is 18.8. The number of aryl methyl sites for hydroxylation is 1. The SMILES string of the molecule is CN1CCCn2nc(C(F)(F)F)cc2/C=N/N=C\1CC(N)Cc1cc(F)c(F)cc1F. The van der Waals surface area contributed by atoms with E-state index in [1.54, 1.807) is 11.9 Å². The van der Waals surface area contributed by atoms with Crippen molar-refractivity contribution in [3.05, 3.63) is 52.6 Å². The number of hydrogen-bond donors (Lipinski definition) is 1. The Bertz CT molecular complexity index is 997. The summed E-state index contributed by atoms with van der Waals surface area (Å²) in [5, 5.41) is 11.5. The minimum absolute atomic E-state index is 0.0680. The van der Waals surface area contributed by atoms with Crippen LogP contribution in [0, 0.1) is 17.5 Å². The van der Waals surface area contributed by atoms with Crippen LogP contribution in [0.5, 0.6) is 0 Å². The second kappa shape index (κ2) is 9.08. The molecule has 1 aliphatic heterocycles. The summed E-state index contributed by atoms with van der Waals surface area (Å²) in [5.74, 6) is -2.93. The third-order valence-electron chi connectivity index (χ3n) is 4.78. The predicted molar refractivity (Wildman–Crippen MR) is 102 cm³/mol. The highest BCUT2D eigenvalue weighted by atomic mass is 19.4. The lowest BCUT2D eigenvalue weighted by atomic mass is 10.0. The van der Waals surface area contributed by atoms with Gasteiger partial charge >= 0.3 is 6.18 Å². The molecule has 1 aromatic heterocycles. The van der Waals surface area contributed by atoms with Gasteiger partial charge in [-0.15, -0.1) is 5.10 Å². The molecule has 3 rings (SSSR count). The fourth-order valence-corrected chi connectivity index (χ4v) is 3.18. The number of alkyl halides is 3. The molecule has 0 bridgehead atoms. The maximum absolute atomic E-state index is 13.9. The molecule has 0 spiro atoms. The van der Waals surface area contributed by atoms with Gasteiger partial charge in [0.2, 0.25) is 0 Å². The van der Waals surface area contributed by atoms with Crippen molar-refractivity contribution in [2.45, 2.75) is 38.0 Å². The van der Waals surface area contributed by atoms with Crippen LogP contribution in [-0.2, 0) is 19.1 Å². The standard InChI is InChI=1S/C19H20F6N6/c1-30-3-2-4-31-13(8-17(29-31)19(23,24)25)10-27-28-18(30)7-12(26)5-11-6-15(21)16(22)9-14(11)20/h6,8-10,12H,2-5,7,26H2,1H3/b27-10+,28-18-. The van der Waals surface area contributed by atoms with Gasteiger partial charge < -0.3 is 10.6 Å². The number of nitrogens with two attached hydrogens (primary N) is 1. The molecule has 0 saturated carbocycles. The summed E-state index contributed by atoms with van der Waals surface area (Å²) in [7, 11) is 1.71. The quantitative estimate of drug-likeness (QED) is 0.579. The average Bonchev–Trinajstić information content (AvgIpc) is 3.08.